The van der Waals surface area contributed by atoms with Crippen LogP contribution in [0.2, 0.25) is 0 Å². The molecule has 0 fully saturated rings. The van der Waals surface area contributed by atoms with E-state index >= 15 is 0 Å². The van der Waals surface area contributed by atoms with Gasteiger partial charge in [0.1, 0.15) is 6.04 Å². The molecular formula is C5H8NO3S. The highest BCUT2D eigenvalue weighted by atomic mass is 32.2. The average molecular weight is 162 g/mol. The minimum Gasteiger partial charge on any atom is -0.480 e. The van der Waals surface area contributed by atoms with Gasteiger partial charge in [0.25, 0.3) is 0 Å². The van der Waals surface area contributed by atoms with Gasteiger partial charge in [-0.2, -0.15) is 11.8 Å². The third-order valence-corrected chi connectivity index (χ3v) is 1.69. The van der Waals surface area contributed by atoms with Crippen molar-refractivity contribution in [1.82, 2.24) is 0 Å². The Balaban J connectivity index is 3.30. The number of hydrogen-bond acceptors (Lipinski definition) is 4. The maximum absolute atomic E-state index is 10.1. The molecule has 0 aromatic carbocycles. The van der Waals surface area contributed by atoms with Gasteiger partial charge in [-0.3, -0.25) is 9.59 Å². The van der Waals surface area contributed by atoms with Gasteiger partial charge in [0, 0.05) is 5.75 Å². The molecule has 0 saturated carbocycles. The third kappa shape index (κ3) is 4.34. The normalized spacial score (nSPS) is 12.5. The van der Waals surface area contributed by atoms with Crippen molar-refractivity contribution in [2.24, 2.45) is 5.73 Å². The SMILES string of the molecule is NC(CSC[C]=O)C(=O)O. The van der Waals surface area contributed by atoms with Crippen molar-refractivity contribution in [3.05, 3.63) is 0 Å². The van der Waals surface area contributed by atoms with E-state index in [-0.39, 0.29) is 11.5 Å². The second-order valence-corrected chi connectivity index (χ2v) is 2.63. The van der Waals surface area contributed by atoms with Crippen molar-refractivity contribution >= 4 is 24.0 Å². The number of carbonyl (C=O) groups is 1. The number of aliphatic carboxylic acids is 1. The molecule has 1 unspecified atom stereocenters. The van der Waals surface area contributed by atoms with Gasteiger partial charge in [0.05, 0.1) is 5.75 Å². The number of thioether (sulfide) groups is 1. The molecule has 0 spiro atoms. The summed E-state index contributed by atoms with van der Waals surface area (Å²) in [5.41, 5.74) is 5.11. The highest BCUT2D eigenvalue weighted by molar-refractivity contribution is 7.99. The molecule has 3 N–H and O–H groups in total. The number of hydrogen-bond donors (Lipinski definition) is 2. The molecule has 0 aromatic heterocycles. The fourth-order valence-electron chi connectivity index (χ4n) is 0.299. The monoisotopic (exact) mass is 162 g/mol. The first-order chi connectivity index (χ1) is 4.68. The number of carbonyl (C=O) groups excluding carboxylic acids is 1. The van der Waals surface area contributed by atoms with Crippen molar-refractivity contribution in [2.75, 3.05) is 11.5 Å². The first-order valence-electron chi connectivity index (χ1n) is 2.59. The Bertz CT molecular complexity index is 128. The van der Waals surface area contributed by atoms with E-state index in [0.717, 1.165) is 11.8 Å². The lowest BCUT2D eigenvalue weighted by Crippen LogP contribution is -2.32. The molecule has 0 aromatic rings. The Kier molecular flexibility index (Phi) is 4.96. The van der Waals surface area contributed by atoms with Crippen LogP contribution in [0.3, 0.4) is 0 Å². The molecule has 0 rings (SSSR count). The maximum atomic E-state index is 10.1. The number of carboxylic acids is 1. The Morgan fingerprint density at radius 2 is 2.40 bits per heavy atom. The zero-order valence-electron chi connectivity index (χ0n) is 5.24. The molecule has 57 valence electrons. The van der Waals surface area contributed by atoms with E-state index in [9.17, 15) is 9.59 Å². The summed E-state index contributed by atoms with van der Waals surface area (Å²) in [6.45, 7) is 0. The lowest BCUT2D eigenvalue weighted by atomic mass is 10.4. The third-order valence-electron chi connectivity index (χ3n) is 0.776. The van der Waals surface area contributed by atoms with E-state index in [0.29, 0.717) is 0 Å². The van der Waals surface area contributed by atoms with Gasteiger partial charge in [0.2, 0.25) is 6.29 Å². The molecule has 0 bridgehead atoms. The molecule has 1 atom stereocenters. The smallest absolute Gasteiger partial charge is 0.321 e. The van der Waals surface area contributed by atoms with Crippen LogP contribution in [0.5, 0.6) is 0 Å². The largest absolute Gasteiger partial charge is 0.480 e. The molecule has 1 radical (unpaired) electrons. The van der Waals surface area contributed by atoms with E-state index in [1.807, 2.05) is 0 Å². The number of nitrogens with two attached hydrogens (primary N) is 1. The summed E-state index contributed by atoms with van der Waals surface area (Å²) in [4.78, 5) is 19.7. The highest BCUT2D eigenvalue weighted by Gasteiger charge is 2.09. The van der Waals surface area contributed by atoms with Crippen molar-refractivity contribution < 1.29 is 14.7 Å². The predicted molar refractivity (Wildman–Crippen MR) is 38.6 cm³/mol. The van der Waals surface area contributed by atoms with Crippen LogP contribution in [-0.4, -0.2) is 34.9 Å². The lowest BCUT2D eigenvalue weighted by Gasteiger charge is -2.01. The van der Waals surface area contributed by atoms with Gasteiger partial charge in [0.15, 0.2) is 0 Å². The molecule has 4 nitrogen and oxygen atoms in total. The molecule has 5 heteroatoms. The van der Waals surface area contributed by atoms with Gasteiger partial charge in [-0.25, -0.2) is 0 Å². The molecule has 0 aliphatic heterocycles. The zero-order chi connectivity index (χ0) is 7.98. The molecule has 0 amide bonds. The van der Waals surface area contributed by atoms with Gasteiger partial charge >= 0.3 is 5.97 Å². The van der Waals surface area contributed by atoms with Crippen molar-refractivity contribution in [3.63, 3.8) is 0 Å². The van der Waals surface area contributed by atoms with Crippen LogP contribution >= 0.6 is 11.8 Å². The van der Waals surface area contributed by atoms with Crippen LogP contribution < -0.4 is 5.73 Å². The summed E-state index contributed by atoms with van der Waals surface area (Å²) in [7, 11) is 0. The molecule has 0 saturated heterocycles. The van der Waals surface area contributed by atoms with E-state index in [1.165, 1.54) is 0 Å². The summed E-state index contributed by atoms with van der Waals surface area (Å²) in [5, 5.41) is 8.24. The molecule has 10 heavy (non-hydrogen) atoms. The van der Waals surface area contributed by atoms with Crippen molar-refractivity contribution in [1.29, 1.82) is 0 Å². The topological polar surface area (TPSA) is 80.4 Å². The highest BCUT2D eigenvalue weighted by Crippen LogP contribution is 1.98. The molecule has 0 aliphatic carbocycles. The van der Waals surface area contributed by atoms with Crippen LogP contribution in [0.4, 0.5) is 0 Å². The van der Waals surface area contributed by atoms with E-state index < -0.39 is 12.0 Å². The first kappa shape index (κ1) is 9.45. The second-order valence-electron chi connectivity index (χ2n) is 1.60. The minimum atomic E-state index is -1.04. The summed E-state index contributed by atoms with van der Waals surface area (Å²) in [6, 6.07) is -0.877. The van der Waals surface area contributed by atoms with E-state index in [1.54, 1.807) is 6.29 Å². The number of rotatable bonds is 5. The standard InChI is InChI=1S/C5H8NO3S/c6-4(5(8)9)3-10-2-1-7/h4H,2-3,6H2,(H,8,9). The maximum Gasteiger partial charge on any atom is 0.321 e. The van der Waals surface area contributed by atoms with Crippen LogP contribution in [0.1, 0.15) is 0 Å². The van der Waals surface area contributed by atoms with Crippen LogP contribution in [0.15, 0.2) is 0 Å². The van der Waals surface area contributed by atoms with Crippen LogP contribution in [0, 0.1) is 0 Å². The van der Waals surface area contributed by atoms with E-state index in [2.05, 4.69) is 0 Å². The first-order valence-corrected chi connectivity index (χ1v) is 3.75. The summed E-state index contributed by atoms with van der Waals surface area (Å²) in [5.74, 6) is -0.607. The minimum absolute atomic E-state index is 0.182. The average Bonchev–Trinajstić information content (AvgIpc) is 1.88. The van der Waals surface area contributed by atoms with Gasteiger partial charge < -0.3 is 10.8 Å². The Hall–Kier alpha value is -0.550. The summed E-state index contributed by atoms with van der Waals surface area (Å²) in [6.07, 6.45) is 1.63. The van der Waals surface area contributed by atoms with E-state index in [4.69, 9.17) is 10.8 Å². The molecule has 0 aliphatic rings. The van der Waals surface area contributed by atoms with Crippen LogP contribution in [0.25, 0.3) is 0 Å². The quantitative estimate of drug-likeness (QED) is 0.519. The zero-order valence-corrected chi connectivity index (χ0v) is 6.06. The summed E-state index contributed by atoms with van der Waals surface area (Å²) >= 11 is 1.16. The van der Waals surface area contributed by atoms with Gasteiger partial charge in [-0.1, -0.05) is 0 Å². The second kappa shape index (κ2) is 5.25. The number of carboxylic acid groups (broad SMARTS) is 1. The molecular weight excluding hydrogens is 154 g/mol. The van der Waals surface area contributed by atoms with Crippen molar-refractivity contribution in [2.45, 2.75) is 6.04 Å². The van der Waals surface area contributed by atoms with Gasteiger partial charge in [-0.15, -0.1) is 0 Å². The Morgan fingerprint density at radius 3 is 2.80 bits per heavy atom. The Labute approximate surface area is 62.8 Å². The Morgan fingerprint density at radius 1 is 1.80 bits per heavy atom. The van der Waals surface area contributed by atoms with Gasteiger partial charge in [-0.05, 0) is 0 Å². The lowest BCUT2D eigenvalue weighted by molar-refractivity contribution is -0.137. The van der Waals surface area contributed by atoms with Crippen LogP contribution in [-0.2, 0) is 9.59 Å². The summed E-state index contributed by atoms with van der Waals surface area (Å²) < 4.78 is 0. The fraction of sp³-hybridized carbons (Fsp3) is 0.600. The predicted octanol–water partition coefficient (Wildman–Crippen LogP) is -0.759. The molecule has 0 heterocycles. The van der Waals surface area contributed by atoms with Crippen molar-refractivity contribution in [3.8, 4) is 0 Å². The fourth-order valence-corrected chi connectivity index (χ4v) is 0.897.